The summed E-state index contributed by atoms with van der Waals surface area (Å²) in [5.74, 6) is -0.142. The zero-order chi connectivity index (χ0) is 12.0. The molecular weight excluding hydrogens is 206 g/mol. The van der Waals surface area contributed by atoms with Gasteiger partial charge in [0.25, 0.3) is 0 Å². The van der Waals surface area contributed by atoms with Crippen molar-refractivity contribution >= 4 is 11.8 Å². The number of carbonyl (C=O) groups excluding carboxylic acids is 2. The molecule has 5 nitrogen and oxygen atoms in total. The molecule has 1 aliphatic rings. The summed E-state index contributed by atoms with van der Waals surface area (Å²) in [6.07, 6.45) is 1.76. The molecule has 1 aliphatic heterocycles. The fourth-order valence-electron chi connectivity index (χ4n) is 1.84. The third-order valence-electron chi connectivity index (χ3n) is 2.86. The number of amides is 2. The molecule has 2 unspecified atom stereocenters. The van der Waals surface area contributed by atoms with E-state index in [4.69, 9.17) is 0 Å². The molecule has 16 heavy (non-hydrogen) atoms. The van der Waals surface area contributed by atoms with E-state index in [1.165, 1.54) is 0 Å². The molecule has 2 amide bonds. The summed E-state index contributed by atoms with van der Waals surface area (Å²) >= 11 is 0. The molecule has 0 aromatic carbocycles. The van der Waals surface area contributed by atoms with Crippen LogP contribution in [0.4, 0.5) is 0 Å². The van der Waals surface area contributed by atoms with Crippen molar-refractivity contribution in [2.24, 2.45) is 5.92 Å². The van der Waals surface area contributed by atoms with Crippen molar-refractivity contribution in [3.8, 4) is 0 Å². The maximum atomic E-state index is 11.7. The predicted molar refractivity (Wildman–Crippen MR) is 61.9 cm³/mol. The van der Waals surface area contributed by atoms with Crippen molar-refractivity contribution in [2.75, 3.05) is 19.6 Å². The van der Waals surface area contributed by atoms with Gasteiger partial charge in [-0.2, -0.15) is 0 Å². The van der Waals surface area contributed by atoms with Gasteiger partial charge in [0.1, 0.15) is 0 Å². The van der Waals surface area contributed by atoms with Gasteiger partial charge >= 0.3 is 0 Å². The van der Waals surface area contributed by atoms with Crippen LogP contribution in [0.1, 0.15) is 26.7 Å². The smallest absolute Gasteiger partial charge is 0.239 e. The molecule has 1 saturated heterocycles. The first-order valence-corrected chi connectivity index (χ1v) is 5.93. The summed E-state index contributed by atoms with van der Waals surface area (Å²) < 4.78 is 0. The lowest BCUT2D eigenvalue weighted by Gasteiger charge is -2.14. The number of rotatable bonds is 5. The lowest BCUT2D eigenvalue weighted by Crippen LogP contribution is -2.42. The molecule has 0 aromatic rings. The standard InChI is InChI=1S/C11H21N3O2/c1-3-5-13-10(15)7-14-11(16)9-4-6-12-8(9)2/h8-9,12H,3-7H2,1-2H3,(H,13,15)(H,14,16). The van der Waals surface area contributed by atoms with Crippen molar-refractivity contribution in [1.29, 1.82) is 0 Å². The highest BCUT2D eigenvalue weighted by molar-refractivity contribution is 5.86. The Morgan fingerprint density at radius 3 is 2.69 bits per heavy atom. The van der Waals surface area contributed by atoms with Crippen molar-refractivity contribution in [3.63, 3.8) is 0 Å². The molecule has 1 fully saturated rings. The van der Waals surface area contributed by atoms with Gasteiger partial charge in [0.2, 0.25) is 11.8 Å². The highest BCUT2D eigenvalue weighted by Crippen LogP contribution is 2.14. The molecule has 2 atom stereocenters. The molecule has 92 valence electrons. The normalized spacial score (nSPS) is 24.1. The van der Waals surface area contributed by atoms with Crippen molar-refractivity contribution in [1.82, 2.24) is 16.0 Å². The first-order valence-electron chi connectivity index (χ1n) is 5.93. The van der Waals surface area contributed by atoms with Crippen LogP contribution in [0.3, 0.4) is 0 Å². The summed E-state index contributed by atoms with van der Waals surface area (Å²) in [6, 6.07) is 0.207. The van der Waals surface area contributed by atoms with Gasteiger partial charge in [0.15, 0.2) is 0 Å². The average Bonchev–Trinajstić information content (AvgIpc) is 2.69. The van der Waals surface area contributed by atoms with Crippen molar-refractivity contribution in [2.45, 2.75) is 32.7 Å². The predicted octanol–water partition coefficient (Wildman–Crippen LogP) is -0.373. The number of hydrogen-bond donors (Lipinski definition) is 3. The van der Waals surface area contributed by atoms with Crippen LogP contribution in [0, 0.1) is 5.92 Å². The minimum Gasteiger partial charge on any atom is -0.355 e. The Bertz CT molecular complexity index is 256. The van der Waals surface area contributed by atoms with E-state index in [0.29, 0.717) is 6.54 Å². The Balaban J connectivity index is 2.21. The van der Waals surface area contributed by atoms with Crippen LogP contribution >= 0.6 is 0 Å². The molecular formula is C11H21N3O2. The third-order valence-corrected chi connectivity index (χ3v) is 2.86. The quantitative estimate of drug-likeness (QED) is 0.600. The van der Waals surface area contributed by atoms with Gasteiger partial charge in [0.05, 0.1) is 12.5 Å². The summed E-state index contributed by atoms with van der Waals surface area (Å²) in [4.78, 5) is 23.0. The Hall–Kier alpha value is -1.10. The number of nitrogens with one attached hydrogen (secondary N) is 3. The van der Waals surface area contributed by atoms with Crippen LogP contribution in [-0.2, 0) is 9.59 Å². The Morgan fingerprint density at radius 1 is 1.38 bits per heavy atom. The molecule has 0 aromatic heterocycles. The van der Waals surface area contributed by atoms with E-state index in [-0.39, 0.29) is 30.3 Å². The van der Waals surface area contributed by atoms with Crippen LogP contribution in [0.2, 0.25) is 0 Å². The van der Waals surface area contributed by atoms with Gasteiger partial charge in [-0.3, -0.25) is 9.59 Å². The maximum absolute atomic E-state index is 11.7. The number of carbonyl (C=O) groups is 2. The minimum absolute atomic E-state index is 0.000949. The van der Waals surface area contributed by atoms with E-state index in [1.807, 2.05) is 13.8 Å². The molecule has 0 aliphatic carbocycles. The fraction of sp³-hybridized carbons (Fsp3) is 0.818. The molecule has 0 spiro atoms. The Labute approximate surface area is 96.4 Å². The van der Waals surface area contributed by atoms with Gasteiger partial charge in [-0.25, -0.2) is 0 Å². The zero-order valence-electron chi connectivity index (χ0n) is 10.0. The first kappa shape index (κ1) is 13.0. The molecule has 1 heterocycles. The second-order valence-corrected chi connectivity index (χ2v) is 4.21. The van der Waals surface area contributed by atoms with E-state index < -0.39 is 0 Å². The second-order valence-electron chi connectivity index (χ2n) is 4.21. The summed E-state index contributed by atoms with van der Waals surface area (Å²) in [5.41, 5.74) is 0. The molecule has 1 rings (SSSR count). The molecule has 3 N–H and O–H groups in total. The lowest BCUT2D eigenvalue weighted by molar-refractivity contribution is -0.128. The van der Waals surface area contributed by atoms with Gasteiger partial charge < -0.3 is 16.0 Å². The van der Waals surface area contributed by atoms with Crippen LogP contribution in [0.15, 0.2) is 0 Å². The lowest BCUT2D eigenvalue weighted by atomic mass is 10.0. The minimum atomic E-state index is -0.117. The van der Waals surface area contributed by atoms with Gasteiger partial charge in [0, 0.05) is 12.6 Å². The van der Waals surface area contributed by atoms with Crippen molar-refractivity contribution < 1.29 is 9.59 Å². The third kappa shape index (κ3) is 3.81. The SMILES string of the molecule is CCCNC(=O)CNC(=O)C1CCNC1C. The van der Waals surface area contributed by atoms with Gasteiger partial charge in [-0.05, 0) is 26.3 Å². The molecule has 0 saturated carbocycles. The Morgan fingerprint density at radius 2 is 2.12 bits per heavy atom. The van der Waals surface area contributed by atoms with E-state index in [1.54, 1.807) is 0 Å². The molecule has 0 bridgehead atoms. The highest BCUT2D eigenvalue weighted by Gasteiger charge is 2.29. The topological polar surface area (TPSA) is 70.2 Å². The van der Waals surface area contributed by atoms with Gasteiger partial charge in [-0.15, -0.1) is 0 Å². The largest absolute Gasteiger partial charge is 0.355 e. The van der Waals surface area contributed by atoms with E-state index in [2.05, 4.69) is 16.0 Å². The van der Waals surface area contributed by atoms with E-state index >= 15 is 0 Å². The summed E-state index contributed by atoms with van der Waals surface area (Å²) in [7, 11) is 0. The average molecular weight is 227 g/mol. The van der Waals surface area contributed by atoms with Crippen LogP contribution in [-0.4, -0.2) is 37.5 Å². The summed E-state index contributed by atoms with van der Waals surface area (Å²) in [6.45, 7) is 5.61. The van der Waals surface area contributed by atoms with Crippen molar-refractivity contribution in [3.05, 3.63) is 0 Å². The fourth-order valence-corrected chi connectivity index (χ4v) is 1.84. The van der Waals surface area contributed by atoms with Gasteiger partial charge in [-0.1, -0.05) is 6.92 Å². The van der Waals surface area contributed by atoms with Crippen LogP contribution in [0.25, 0.3) is 0 Å². The van der Waals surface area contributed by atoms with E-state index in [0.717, 1.165) is 19.4 Å². The molecule has 0 radical (unpaired) electrons. The monoisotopic (exact) mass is 227 g/mol. The van der Waals surface area contributed by atoms with Crippen LogP contribution < -0.4 is 16.0 Å². The zero-order valence-corrected chi connectivity index (χ0v) is 10.0. The number of hydrogen-bond acceptors (Lipinski definition) is 3. The first-order chi connectivity index (χ1) is 7.65. The summed E-state index contributed by atoms with van der Waals surface area (Å²) in [5, 5.41) is 8.60. The Kier molecular flexibility index (Phi) is 5.25. The maximum Gasteiger partial charge on any atom is 0.239 e. The van der Waals surface area contributed by atoms with Crippen LogP contribution in [0.5, 0.6) is 0 Å². The highest BCUT2D eigenvalue weighted by atomic mass is 16.2. The second kappa shape index (κ2) is 6.48. The molecule has 5 heteroatoms. The van der Waals surface area contributed by atoms with E-state index in [9.17, 15) is 9.59 Å².